The van der Waals surface area contributed by atoms with Gasteiger partial charge in [-0.05, 0) is 43.0 Å². The molecule has 3 heterocycles. The van der Waals surface area contributed by atoms with Crippen molar-refractivity contribution in [2.75, 3.05) is 17.2 Å². The normalized spacial score (nSPS) is 26.7. The summed E-state index contributed by atoms with van der Waals surface area (Å²) in [4.78, 5) is 12.5. The molecule has 1 aliphatic carbocycles. The first kappa shape index (κ1) is 12.4. The second-order valence-electron chi connectivity index (χ2n) is 5.99. The highest BCUT2D eigenvalue weighted by molar-refractivity contribution is 7.16. The van der Waals surface area contributed by atoms with Gasteiger partial charge in [0.2, 0.25) is 5.95 Å². The standard InChI is InChI=1S/C15H20N4S/c16-15-17-13(11-7-9-20-14(11)18-15)19-8-3-5-10-4-1-2-6-12(10)19/h7,9-10,12H,1-6,8H2,(H2,16,17,18)/t10-,12-/m1/s1. The lowest BCUT2D eigenvalue weighted by atomic mass is 9.78. The molecule has 0 aromatic carbocycles. The van der Waals surface area contributed by atoms with E-state index in [1.807, 2.05) is 0 Å². The fourth-order valence-electron chi connectivity index (χ4n) is 3.96. The van der Waals surface area contributed by atoms with Gasteiger partial charge >= 0.3 is 0 Å². The van der Waals surface area contributed by atoms with E-state index in [9.17, 15) is 0 Å². The maximum Gasteiger partial charge on any atom is 0.223 e. The van der Waals surface area contributed by atoms with E-state index >= 15 is 0 Å². The minimum atomic E-state index is 0.410. The predicted octanol–water partition coefficient (Wildman–Crippen LogP) is 3.43. The van der Waals surface area contributed by atoms with Crippen molar-refractivity contribution >= 4 is 33.3 Å². The number of rotatable bonds is 1. The van der Waals surface area contributed by atoms with Crippen LogP contribution in [0.4, 0.5) is 11.8 Å². The molecular formula is C15H20N4S. The highest BCUT2D eigenvalue weighted by Gasteiger charge is 2.34. The minimum Gasteiger partial charge on any atom is -0.368 e. The summed E-state index contributed by atoms with van der Waals surface area (Å²) >= 11 is 1.65. The number of hydrogen-bond donors (Lipinski definition) is 1. The van der Waals surface area contributed by atoms with Gasteiger partial charge in [0.1, 0.15) is 10.6 Å². The topological polar surface area (TPSA) is 55.0 Å². The van der Waals surface area contributed by atoms with Crippen LogP contribution in [0.15, 0.2) is 11.4 Å². The summed E-state index contributed by atoms with van der Waals surface area (Å²) in [6.45, 7) is 1.11. The molecule has 0 unspecified atom stereocenters. The molecular weight excluding hydrogens is 268 g/mol. The molecule has 1 saturated carbocycles. The molecule has 2 aromatic rings. The van der Waals surface area contributed by atoms with Crippen LogP contribution in [-0.2, 0) is 0 Å². The largest absolute Gasteiger partial charge is 0.368 e. The molecule has 1 aliphatic heterocycles. The number of fused-ring (bicyclic) bond motifs is 2. The maximum atomic E-state index is 5.92. The minimum absolute atomic E-state index is 0.410. The molecule has 0 radical (unpaired) electrons. The number of nitrogens with two attached hydrogens (primary N) is 1. The summed E-state index contributed by atoms with van der Waals surface area (Å²) in [5.74, 6) is 2.33. The van der Waals surface area contributed by atoms with Crippen LogP contribution >= 0.6 is 11.3 Å². The molecule has 2 aromatic heterocycles. The summed E-state index contributed by atoms with van der Waals surface area (Å²) in [5.41, 5.74) is 5.92. The van der Waals surface area contributed by atoms with Gasteiger partial charge in [-0.3, -0.25) is 0 Å². The lowest BCUT2D eigenvalue weighted by Crippen LogP contribution is -2.47. The Balaban J connectivity index is 1.79. The summed E-state index contributed by atoms with van der Waals surface area (Å²) in [6, 6.07) is 2.80. The van der Waals surface area contributed by atoms with Crippen molar-refractivity contribution in [3.63, 3.8) is 0 Å². The molecule has 106 valence electrons. The molecule has 2 atom stereocenters. The Morgan fingerprint density at radius 1 is 1.15 bits per heavy atom. The Bertz CT molecular complexity index is 621. The first-order valence-electron chi connectivity index (χ1n) is 7.60. The van der Waals surface area contributed by atoms with E-state index in [1.54, 1.807) is 11.3 Å². The van der Waals surface area contributed by atoms with Crippen LogP contribution in [0.2, 0.25) is 0 Å². The number of piperidine rings is 1. The van der Waals surface area contributed by atoms with Gasteiger partial charge in [-0.15, -0.1) is 11.3 Å². The highest BCUT2D eigenvalue weighted by Crippen LogP contribution is 2.39. The van der Waals surface area contributed by atoms with Crippen LogP contribution in [0, 0.1) is 5.92 Å². The average Bonchev–Trinajstić information content (AvgIpc) is 2.94. The van der Waals surface area contributed by atoms with E-state index in [4.69, 9.17) is 5.73 Å². The van der Waals surface area contributed by atoms with Crippen molar-refractivity contribution < 1.29 is 0 Å². The molecule has 2 fully saturated rings. The zero-order valence-corrected chi connectivity index (χ0v) is 12.4. The molecule has 20 heavy (non-hydrogen) atoms. The van der Waals surface area contributed by atoms with E-state index in [-0.39, 0.29) is 0 Å². The molecule has 0 bridgehead atoms. The first-order chi connectivity index (χ1) is 9.83. The highest BCUT2D eigenvalue weighted by atomic mass is 32.1. The third kappa shape index (κ3) is 1.95. The molecule has 4 rings (SSSR count). The molecule has 2 aliphatic rings. The van der Waals surface area contributed by atoms with E-state index < -0.39 is 0 Å². The smallest absolute Gasteiger partial charge is 0.223 e. The van der Waals surface area contributed by atoms with Gasteiger partial charge in [0.25, 0.3) is 0 Å². The Kier molecular flexibility index (Phi) is 3.02. The molecule has 0 amide bonds. The van der Waals surface area contributed by atoms with Crippen LogP contribution < -0.4 is 10.6 Å². The molecule has 1 saturated heterocycles. The van der Waals surface area contributed by atoms with Crippen molar-refractivity contribution in [1.29, 1.82) is 0 Å². The Hall–Kier alpha value is -1.36. The zero-order valence-electron chi connectivity index (χ0n) is 11.6. The van der Waals surface area contributed by atoms with Gasteiger partial charge < -0.3 is 10.6 Å². The maximum absolute atomic E-state index is 5.92. The molecule has 5 heteroatoms. The van der Waals surface area contributed by atoms with Crippen LogP contribution in [0.1, 0.15) is 38.5 Å². The van der Waals surface area contributed by atoms with Crippen molar-refractivity contribution in [2.24, 2.45) is 5.92 Å². The molecule has 4 nitrogen and oxygen atoms in total. The summed E-state index contributed by atoms with van der Waals surface area (Å²) in [5, 5.41) is 3.26. The average molecular weight is 288 g/mol. The monoisotopic (exact) mass is 288 g/mol. The van der Waals surface area contributed by atoms with Crippen molar-refractivity contribution in [2.45, 2.75) is 44.6 Å². The zero-order chi connectivity index (χ0) is 13.5. The summed E-state index contributed by atoms with van der Waals surface area (Å²) in [7, 11) is 0. The van der Waals surface area contributed by atoms with Crippen LogP contribution in [0.5, 0.6) is 0 Å². The van der Waals surface area contributed by atoms with E-state index in [2.05, 4.69) is 26.3 Å². The Morgan fingerprint density at radius 2 is 2.00 bits per heavy atom. The van der Waals surface area contributed by atoms with Crippen LogP contribution in [0.25, 0.3) is 10.2 Å². The second-order valence-corrected chi connectivity index (χ2v) is 6.89. The van der Waals surface area contributed by atoms with Gasteiger partial charge in [0, 0.05) is 12.6 Å². The van der Waals surface area contributed by atoms with Gasteiger partial charge in [-0.1, -0.05) is 12.8 Å². The first-order valence-corrected chi connectivity index (χ1v) is 8.48. The van der Waals surface area contributed by atoms with E-state index in [0.29, 0.717) is 12.0 Å². The summed E-state index contributed by atoms with van der Waals surface area (Å²) in [6.07, 6.45) is 8.10. The number of hydrogen-bond acceptors (Lipinski definition) is 5. The third-order valence-electron chi connectivity index (χ3n) is 4.84. The lowest BCUT2D eigenvalue weighted by Gasteiger charge is -2.45. The van der Waals surface area contributed by atoms with Gasteiger partial charge in [0.15, 0.2) is 0 Å². The van der Waals surface area contributed by atoms with Gasteiger partial charge in [-0.25, -0.2) is 4.98 Å². The number of anilines is 2. The van der Waals surface area contributed by atoms with Crippen LogP contribution in [-0.4, -0.2) is 22.6 Å². The molecule has 0 spiro atoms. The van der Waals surface area contributed by atoms with E-state index in [0.717, 1.165) is 23.1 Å². The molecule has 2 N–H and O–H groups in total. The third-order valence-corrected chi connectivity index (χ3v) is 5.64. The number of aromatic nitrogens is 2. The number of nitrogens with zero attached hydrogens (tertiary/aromatic N) is 3. The van der Waals surface area contributed by atoms with Crippen molar-refractivity contribution in [1.82, 2.24) is 9.97 Å². The second kappa shape index (κ2) is 4.88. The Labute approximate surface area is 123 Å². The van der Waals surface area contributed by atoms with E-state index in [1.165, 1.54) is 43.9 Å². The summed E-state index contributed by atoms with van der Waals surface area (Å²) < 4.78 is 0. The SMILES string of the molecule is Nc1nc(N2CCC[C@H]3CCCC[C@H]32)c2ccsc2n1. The lowest BCUT2D eigenvalue weighted by molar-refractivity contribution is 0.243. The predicted molar refractivity (Wildman–Crippen MR) is 84.2 cm³/mol. The van der Waals surface area contributed by atoms with Gasteiger partial charge in [-0.2, -0.15) is 4.98 Å². The van der Waals surface area contributed by atoms with Gasteiger partial charge in [0.05, 0.1) is 5.39 Å². The fraction of sp³-hybridized carbons (Fsp3) is 0.600. The van der Waals surface area contributed by atoms with Crippen molar-refractivity contribution in [3.8, 4) is 0 Å². The van der Waals surface area contributed by atoms with Crippen LogP contribution in [0.3, 0.4) is 0 Å². The van der Waals surface area contributed by atoms with Crippen molar-refractivity contribution in [3.05, 3.63) is 11.4 Å². The number of thiophene rings is 1. The fourth-order valence-corrected chi connectivity index (χ4v) is 4.73. The quantitative estimate of drug-likeness (QED) is 0.873. The Morgan fingerprint density at radius 3 is 2.95 bits per heavy atom. The number of nitrogen functional groups attached to an aromatic ring is 1.